The fourth-order valence-electron chi connectivity index (χ4n) is 5.49. The first-order valence-electron chi connectivity index (χ1n) is 10.9. The van der Waals surface area contributed by atoms with Crippen LogP contribution >= 0.6 is 0 Å². The highest BCUT2D eigenvalue weighted by atomic mass is 16.2. The smallest absolute Gasteiger partial charge is 0.292 e. The molecule has 3 aliphatic rings. The third kappa shape index (κ3) is 3.49. The summed E-state index contributed by atoms with van der Waals surface area (Å²) in [6, 6.07) is 18.7. The molecule has 2 fully saturated rings. The second-order valence-electron chi connectivity index (χ2n) is 8.68. The molecule has 0 unspecified atom stereocenters. The van der Waals surface area contributed by atoms with Gasteiger partial charge in [0.05, 0.1) is 18.2 Å². The lowest BCUT2D eigenvalue weighted by Crippen LogP contribution is -3.31. The van der Waals surface area contributed by atoms with E-state index in [1.54, 1.807) is 4.90 Å². The summed E-state index contributed by atoms with van der Waals surface area (Å²) in [5.74, 6) is -0.0800. The zero-order valence-electron chi connectivity index (χ0n) is 16.8. The SMILES string of the molecule is O=C1C[C@@H]([NH+]2CC[NH+]([C@@H]3CCc4ccccc4C3)CC2)C(=O)N1c1ccccc1. The van der Waals surface area contributed by atoms with Gasteiger partial charge in [-0.1, -0.05) is 42.5 Å². The Labute approximate surface area is 171 Å². The topological polar surface area (TPSA) is 46.3 Å². The van der Waals surface area contributed by atoms with E-state index in [2.05, 4.69) is 24.3 Å². The highest BCUT2D eigenvalue weighted by Gasteiger charge is 2.47. The first-order valence-corrected chi connectivity index (χ1v) is 10.9. The van der Waals surface area contributed by atoms with Crippen molar-refractivity contribution in [3.05, 3.63) is 65.7 Å². The molecule has 2 aromatic carbocycles. The molecule has 2 heterocycles. The van der Waals surface area contributed by atoms with Crippen molar-refractivity contribution in [3.63, 3.8) is 0 Å². The molecule has 0 saturated carbocycles. The number of benzene rings is 2. The number of quaternary nitrogens is 2. The molecule has 2 aliphatic heterocycles. The number of hydrogen-bond donors (Lipinski definition) is 2. The molecule has 0 bridgehead atoms. The van der Waals surface area contributed by atoms with Crippen LogP contribution in [0, 0.1) is 0 Å². The predicted molar refractivity (Wildman–Crippen MR) is 111 cm³/mol. The number of carbonyl (C=O) groups is 2. The summed E-state index contributed by atoms with van der Waals surface area (Å²) in [6.45, 7) is 4.12. The third-order valence-corrected chi connectivity index (χ3v) is 7.11. The minimum absolute atomic E-state index is 0.0220. The monoisotopic (exact) mass is 391 g/mol. The van der Waals surface area contributed by atoms with E-state index in [1.807, 2.05) is 30.3 Å². The number of para-hydroxylation sites is 1. The van der Waals surface area contributed by atoms with E-state index >= 15 is 0 Å². The van der Waals surface area contributed by atoms with Crippen molar-refractivity contribution in [2.24, 2.45) is 0 Å². The Balaban J connectivity index is 1.21. The largest absolute Gasteiger partial charge is 0.323 e. The van der Waals surface area contributed by atoms with Gasteiger partial charge in [-0.3, -0.25) is 9.59 Å². The van der Waals surface area contributed by atoms with Gasteiger partial charge in [0.1, 0.15) is 26.2 Å². The minimum atomic E-state index is -0.212. The molecule has 2 N–H and O–H groups in total. The number of aryl methyl sites for hydroxylation is 1. The average Bonchev–Trinajstić information content (AvgIpc) is 3.08. The van der Waals surface area contributed by atoms with E-state index in [-0.39, 0.29) is 17.9 Å². The maximum atomic E-state index is 13.0. The second kappa shape index (κ2) is 7.73. The van der Waals surface area contributed by atoms with Crippen molar-refractivity contribution in [1.29, 1.82) is 0 Å². The molecule has 5 heteroatoms. The quantitative estimate of drug-likeness (QED) is 0.704. The second-order valence-corrected chi connectivity index (χ2v) is 8.68. The lowest BCUT2D eigenvalue weighted by Gasteiger charge is -2.37. The Morgan fingerprint density at radius 3 is 2.17 bits per heavy atom. The average molecular weight is 392 g/mol. The number of nitrogens with one attached hydrogen (secondary N) is 2. The molecule has 29 heavy (non-hydrogen) atoms. The molecule has 1 aliphatic carbocycles. The van der Waals surface area contributed by atoms with Gasteiger partial charge in [0.2, 0.25) is 5.91 Å². The molecule has 5 nitrogen and oxygen atoms in total. The van der Waals surface area contributed by atoms with Gasteiger partial charge in [0.25, 0.3) is 5.91 Å². The van der Waals surface area contributed by atoms with E-state index in [0.717, 1.165) is 26.2 Å². The first-order chi connectivity index (χ1) is 14.2. The summed E-state index contributed by atoms with van der Waals surface area (Å²) in [5.41, 5.74) is 3.74. The van der Waals surface area contributed by atoms with Crippen LogP contribution in [0.3, 0.4) is 0 Å². The minimum Gasteiger partial charge on any atom is -0.323 e. The van der Waals surface area contributed by atoms with Crippen LogP contribution in [-0.2, 0) is 22.4 Å². The number of imide groups is 1. The third-order valence-electron chi connectivity index (χ3n) is 7.11. The van der Waals surface area contributed by atoms with E-state index < -0.39 is 0 Å². The number of carbonyl (C=O) groups excluding carboxylic acids is 2. The van der Waals surface area contributed by atoms with Crippen LogP contribution in [0.4, 0.5) is 5.69 Å². The molecule has 2 saturated heterocycles. The summed E-state index contributed by atoms with van der Waals surface area (Å²) >= 11 is 0. The van der Waals surface area contributed by atoms with Gasteiger partial charge in [0.15, 0.2) is 6.04 Å². The Bertz CT molecular complexity index is 905. The van der Waals surface area contributed by atoms with Crippen molar-refractivity contribution in [2.45, 2.75) is 37.8 Å². The maximum Gasteiger partial charge on any atom is 0.292 e. The lowest BCUT2D eigenvalue weighted by molar-refractivity contribution is -1.03. The van der Waals surface area contributed by atoms with Crippen LogP contribution in [0.15, 0.2) is 54.6 Å². The number of nitrogens with zero attached hydrogens (tertiary/aromatic N) is 1. The molecule has 150 valence electrons. The normalized spacial score (nSPS) is 29.7. The number of fused-ring (bicyclic) bond motifs is 1. The van der Waals surface area contributed by atoms with Crippen molar-refractivity contribution in [2.75, 3.05) is 31.1 Å². The maximum absolute atomic E-state index is 13.0. The highest BCUT2D eigenvalue weighted by Crippen LogP contribution is 2.22. The summed E-state index contributed by atoms with van der Waals surface area (Å²) in [5, 5.41) is 0. The number of piperazine rings is 1. The van der Waals surface area contributed by atoms with E-state index in [4.69, 9.17) is 0 Å². The Kier molecular flexibility index (Phi) is 4.94. The molecule has 0 radical (unpaired) electrons. The highest BCUT2D eigenvalue weighted by molar-refractivity contribution is 6.21. The Hall–Kier alpha value is -2.50. The van der Waals surface area contributed by atoms with Gasteiger partial charge in [-0.15, -0.1) is 0 Å². The van der Waals surface area contributed by atoms with Gasteiger partial charge in [-0.05, 0) is 29.7 Å². The number of hydrogen-bond acceptors (Lipinski definition) is 2. The van der Waals surface area contributed by atoms with Gasteiger partial charge in [-0.25, -0.2) is 4.90 Å². The van der Waals surface area contributed by atoms with Crippen LogP contribution < -0.4 is 14.7 Å². The molecular formula is C24H29N3O2+2. The zero-order chi connectivity index (χ0) is 19.8. The fraction of sp³-hybridized carbons (Fsp3) is 0.417. The van der Waals surface area contributed by atoms with Crippen LogP contribution in [0.25, 0.3) is 0 Å². The van der Waals surface area contributed by atoms with E-state index in [0.29, 0.717) is 18.2 Å². The van der Waals surface area contributed by atoms with Crippen molar-refractivity contribution in [3.8, 4) is 0 Å². The molecule has 0 spiro atoms. The number of rotatable bonds is 3. The van der Waals surface area contributed by atoms with Gasteiger partial charge in [-0.2, -0.15) is 0 Å². The van der Waals surface area contributed by atoms with Crippen molar-refractivity contribution < 1.29 is 19.4 Å². The van der Waals surface area contributed by atoms with E-state index in [1.165, 1.54) is 40.2 Å². The predicted octanol–water partition coefficient (Wildman–Crippen LogP) is -0.341. The Morgan fingerprint density at radius 2 is 1.41 bits per heavy atom. The molecule has 2 atom stereocenters. The fourth-order valence-corrected chi connectivity index (χ4v) is 5.49. The molecule has 5 rings (SSSR count). The zero-order valence-corrected chi connectivity index (χ0v) is 16.8. The summed E-state index contributed by atoms with van der Waals surface area (Å²) in [7, 11) is 0. The van der Waals surface area contributed by atoms with Gasteiger partial charge >= 0.3 is 0 Å². The van der Waals surface area contributed by atoms with Crippen LogP contribution in [0.5, 0.6) is 0 Å². The molecule has 2 amide bonds. The Morgan fingerprint density at radius 1 is 0.759 bits per heavy atom. The summed E-state index contributed by atoms with van der Waals surface area (Å²) < 4.78 is 0. The van der Waals surface area contributed by atoms with Gasteiger partial charge in [0, 0.05) is 12.8 Å². The van der Waals surface area contributed by atoms with Crippen molar-refractivity contribution >= 4 is 17.5 Å². The standard InChI is InChI=1S/C24H27N3O2/c28-23-17-22(24(29)27(23)20-8-2-1-3-9-20)26-14-12-25(13-15-26)21-11-10-18-6-4-5-7-19(18)16-21/h1-9,21-22H,10-17H2/p+2/t21-,22-/m1/s1. The van der Waals surface area contributed by atoms with Gasteiger partial charge < -0.3 is 9.80 Å². The van der Waals surface area contributed by atoms with Crippen LogP contribution in [0.1, 0.15) is 24.0 Å². The summed E-state index contributed by atoms with van der Waals surface area (Å²) in [6.07, 6.45) is 3.95. The van der Waals surface area contributed by atoms with Crippen LogP contribution in [0.2, 0.25) is 0 Å². The summed E-state index contributed by atoms with van der Waals surface area (Å²) in [4.78, 5) is 29.9. The first kappa shape index (κ1) is 18.5. The van der Waals surface area contributed by atoms with E-state index in [9.17, 15) is 9.59 Å². The number of anilines is 1. The molecule has 2 aromatic rings. The van der Waals surface area contributed by atoms with Crippen molar-refractivity contribution in [1.82, 2.24) is 0 Å². The lowest BCUT2D eigenvalue weighted by atomic mass is 9.87. The number of amides is 2. The molecule has 0 aromatic heterocycles. The molecular weight excluding hydrogens is 362 g/mol. The van der Waals surface area contributed by atoms with Crippen LogP contribution in [-0.4, -0.2) is 50.1 Å².